The maximum atomic E-state index is 4.94. The number of methoxy groups -OCH3 is 1. The van der Waals surface area contributed by atoms with Gasteiger partial charge in [0.2, 0.25) is 5.88 Å². The van der Waals surface area contributed by atoms with Crippen molar-refractivity contribution in [2.75, 3.05) is 7.11 Å². The Morgan fingerprint density at radius 1 is 1.38 bits per heavy atom. The molecule has 0 aliphatic carbocycles. The Morgan fingerprint density at radius 3 is 3.00 bits per heavy atom. The normalized spacial score (nSPS) is 9.92. The third-order valence-electron chi connectivity index (χ3n) is 1.55. The standard InChI is InChI=1S/C8H8N4O/c1-13-8-6-9-5-7(11-8)12-4-2-3-10-12/h2-6H,1H3. The quantitative estimate of drug-likeness (QED) is 0.674. The van der Waals surface area contributed by atoms with E-state index in [1.54, 1.807) is 36.6 Å². The smallest absolute Gasteiger partial charge is 0.234 e. The molecule has 0 aromatic carbocycles. The lowest BCUT2D eigenvalue weighted by Crippen LogP contribution is -2.00. The molecule has 0 N–H and O–H groups in total. The lowest BCUT2D eigenvalue weighted by Gasteiger charge is -2.01. The van der Waals surface area contributed by atoms with Gasteiger partial charge in [-0.1, -0.05) is 0 Å². The van der Waals surface area contributed by atoms with Crippen LogP contribution < -0.4 is 4.74 Å². The molecular weight excluding hydrogens is 168 g/mol. The fraction of sp³-hybridized carbons (Fsp3) is 0.125. The number of rotatable bonds is 2. The van der Waals surface area contributed by atoms with Gasteiger partial charge in [0, 0.05) is 12.4 Å². The van der Waals surface area contributed by atoms with E-state index >= 15 is 0 Å². The molecule has 13 heavy (non-hydrogen) atoms. The summed E-state index contributed by atoms with van der Waals surface area (Å²) in [5.74, 6) is 1.12. The number of aromatic nitrogens is 4. The summed E-state index contributed by atoms with van der Waals surface area (Å²) >= 11 is 0. The number of ether oxygens (including phenoxy) is 1. The van der Waals surface area contributed by atoms with Crippen LogP contribution in [0.2, 0.25) is 0 Å². The van der Waals surface area contributed by atoms with Crippen molar-refractivity contribution >= 4 is 0 Å². The van der Waals surface area contributed by atoms with Crippen LogP contribution in [-0.4, -0.2) is 26.9 Å². The second-order valence-electron chi connectivity index (χ2n) is 2.37. The topological polar surface area (TPSA) is 52.8 Å². The van der Waals surface area contributed by atoms with Gasteiger partial charge < -0.3 is 4.74 Å². The van der Waals surface area contributed by atoms with Gasteiger partial charge in [-0.25, -0.2) is 4.68 Å². The van der Waals surface area contributed by atoms with Crippen LogP contribution in [-0.2, 0) is 0 Å². The van der Waals surface area contributed by atoms with Gasteiger partial charge in [0.15, 0.2) is 5.82 Å². The zero-order valence-electron chi connectivity index (χ0n) is 7.08. The van der Waals surface area contributed by atoms with Gasteiger partial charge in [-0.15, -0.1) is 0 Å². The molecule has 0 saturated heterocycles. The largest absolute Gasteiger partial charge is 0.480 e. The monoisotopic (exact) mass is 176 g/mol. The lowest BCUT2D eigenvalue weighted by molar-refractivity contribution is 0.394. The van der Waals surface area contributed by atoms with Gasteiger partial charge in [0.1, 0.15) is 0 Å². The fourth-order valence-electron chi connectivity index (χ4n) is 0.951. The minimum atomic E-state index is 0.480. The van der Waals surface area contributed by atoms with E-state index in [0.29, 0.717) is 11.7 Å². The van der Waals surface area contributed by atoms with Crippen molar-refractivity contribution in [2.45, 2.75) is 0 Å². The van der Waals surface area contributed by atoms with Crippen LogP contribution in [0.3, 0.4) is 0 Å². The fourth-order valence-corrected chi connectivity index (χ4v) is 0.951. The highest BCUT2D eigenvalue weighted by atomic mass is 16.5. The Bertz CT molecular complexity index is 385. The Kier molecular flexibility index (Phi) is 1.91. The van der Waals surface area contributed by atoms with E-state index in [2.05, 4.69) is 15.1 Å². The Balaban J connectivity index is 2.41. The molecule has 0 aliphatic rings. The summed E-state index contributed by atoms with van der Waals surface area (Å²) in [7, 11) is 1.55. The van der Waals surface area contributed by atoms with Crippen LogP contribution >= 0.6 is 0 Å². The molecule has 0 aliphatic heterocycles. The summed E-state index contributed by atoms with van der Waals surface area (Å²) in [6.07, 6.45) is 6.65. The molecule has 5 nitrogen and oxygen atoms in total. The van der Waals surface area contributed by atoms with Crippen LogP contribution in [0.1, 0.15) is 0 Å². The molecular formula is C8H8N4O. The first-order valence-electron chi connectivity index (χ1n) is 3.76. The first-order chi connectivity index (χ1) is 6.40. The highest BCUT2D eigenvalue weighted by molar-refractivity contribution is 5.20. The second kappa shape index (κ2) is 3.22. The summed E-state index contributed by atoms with van der Waals surface area (Å²) in [5.41, 5.74) is 0. The molecule has 0 unspecified atom stereocenters. The third-order valence-corrected chi connectivity index (χ3v) is 1.55. The van der Waals surface area contributed by atoms with Crippen LogP contribution in [0.15, 0.2) is 30.9 Å². The van der Waals surface area contributed by atoms with Gasteiger partial charge in [0.05, 0.1) is 19.5 Å². The highest BCUT2D eigenvalue weighted by Gasteiger charge is 1.99. The van der Waals surface area contributed by atoms with Gasteiger partial charge in [-0.2, -0.15) is 10.1 Å². The average molecular weight is 176 g/mol. The molecule has 0 atom stereocenters. The van der Waals surface area contributed by atoms with Crippen LogP contribution in [0.5, 0.6) is 5.88 Å². The van der Waals surface area contributed by atoms with E-state index < -0.39 is 0 Å². The number of hydrogen-bond donors (Lipinski definition) is 0. The van der Waals surface area contributed by atoms with Crippen LogP contribution in [0.4, 0.5) is 0 Å². The predicted octanol–water partition coefficient (Wildman–Crippen LogP) is 0.671. The van der Waals surface area contributed by atoms with E-state index in [1.807, 2.05) is 6.07 Å². The molecule has 0 radical (unpaired) electrons. The minimum Gasteiger partial charge on any atom is -0.480 e. The van der Waals surface area contributed by atoms with Gasteiger partial charge in [-0.05, 0) is 6.07 Å². The first kappa shape index (κ1) is 7.72. The van der Waals surface area contributed by atoms with Crippen molar-refractivity contribution in [3.63, 3.8) is 0 Å². The molecule has 5 heteroatoms. The maximum absolute atomic E-state index is 4.94. The first-order valence-corrected chi connectivity index (χ1v) is 3.76. The van der Waals surface area contributed by atoms with Gasteiger partial charge >= 0.3 is 0 Å². The summed E-state index contributed by atoms with van der Waals surface area (Å²) in [5, 5.41) is 4.02. The minimum absolute atomic E-state index is 0.480. The Morgan fingerprint density at radius 2 is 2.31 bits per heavy atom. The molecule has 2 rings (SSSR count). The maximum Gasteiger partial charge on any atom is 0.234 e. The van der Waals surface area contributed by atoms with Crippen LogP contribution in [0, 0.1) is 0 Å². The van der Waals surface area contributed by atoms with Crippen molar-refractivity contribution < 1.29 is 4.74 Å². The van der Waals surface area contributed by atoms with Gasteiger partial charge in [-0.3, -0.25) is 4.98 Å². The van der Waals surface area contributed by atoms with Crippen molar-refractivity contribution in [3.05, 3.63) is 30.9 Å². The molecule has 2 aromatic rings. The molecule has 0 spiro atoms. The van der Waals surface area contributed by atoms with E-state index in [9.17, 15) is 0 Å². The zero-order valence-corrected chi connectivity index (χ0v) is 7.08. The molecule has 0 amide bonds. The second-order valence-corrected chi connectivity index (χ2v) is 2.37. The Hall–Kier alpha value is -1.91. The van der Waals surface area contributed by atoms with Crippen LogP contribution in [0.25, 0.3) is 5.82 Å². The SMILES string of the molecule is COc1cncc(-n2cccn2)n1. The van der Waals surface area contributed by atoms with Crippen molar-refractivity contribution in [3.8, 4) is 11.7 Å². The van der Waals surface area contributed by atoms with E-state index in [0.717, 1.165) is 0 Å². The number of nitrogens with zero attached hydrogens (tertiary/aromatic N) is 4. The lowest BCUT2D eigenvalue weighted by atomic mass is 10.6. The van der Waals surface area contributed by atoms with E-state index in [-0.39, 0.29) is 0 Å². The molecule has 0 fully saturated rings. The molecule has 0 bridgehead atoms. The van der Waals surface area contributed by atoms with E-state index in [1.165, 1.54) is 0 Å². The highest BCUT2D eigenvalue weighted by Crippen LogP contribution is 2.06. The van der Waals surface area contributed by atoms with Crippen molar-refractivity contribution in [1.29, 1.82) is 0 Å². The summed E-state index contributed by atoms with van der Waals surface area (Å²) in [6, 6.07) is 1.82. The van der Waals surface area contributed by atoms with E-state index in [4.69, 9.17) is 4.74 Å². The number of hydrogen-bond acceptors (Lipinski definition) is 4. The molecule has 0 saturated carbocycles. The zero-order chi connectivity index (χ0) is 9.10. The molecule has 2 heterocycles. The predicted molar refractivity (Wildman–Crippen MR) is 45.7 cm³/mol. The summed E-state index contributed by atoms with van der Waals surface area (Å²) < 4.78 is 6.56. The van der Waals surface area contributed by atoms with Crippen molar-refractivity contribution in [1.82, 2.24) is 19.7 Å². The molecule has 66 valence electrons. The Labute approximate surface area is 75.0 Å². The summed E-state index contributed by atoms with van der Waals surface area (Å²) in [6.45, 7) is 0. The average Bonchev–Trinajstić information content (AvgIpc) is 2.71. The van der Waals surface area contributed by atoms with Gasteiger partial charge in [0.25, 0.3) is 0 Å². The van der Waals surface area contributed by atoms with Crippen molar-refractivity contribution in [2.24, 2.45) is 0 Å². The molecule has 2 aromatic heterocycles. The summed E-state index contributed by atoms with van der Waals surface area (Å²) in [4.78, 5) is 8.11. The third kappa shape index (κ3) is 1.48.